The molecule has 98 valence electrons. The Labute approximate surface area is 125 Å². The number of rotatable bonds is 5. The molecular weight excluding hydrogens is 353 g/mol. The third-order valence-electron chi connectivity index (χ3n) is 2.85. The number of nitrogens with one attached hydrogen (secondary N) is 1. The Hall–Kier alpha value is -1.56. The molecule has 0 aliphatic heterocycles. The van der Waals surface area contributed by atoms with E-state index in [1.54, 1.807) is 0 Å². The van der Waals surface area contributed by atoms with E-state index in [1.165, 1.54) is 0 Å². The Morgan fingerprint density at radius 3 is 2.32 bits per heavy atom. The number of anilines is 1. The lowest BCUT2D eigenvalue weighted by Crippen LogP contribution is -2.20. The minimum Gasteiger partial charge on any atom is -0.481 e. The van der Waals surface area contributed by atoms with Gasteiger partial charge in [-0.2, -0.15) is 0 Å². The molecule has 2 aromatic rings. The van der Waals surface area contributed by atoms with E-state index in [2.05, 4.69) is 27.9 Å². The van der Waals surface area contributed by atoms with Gasteiger partial charge in [0, 0.05) is 15.8 Å². The van der Waals surface area contributed by atoms with Crippen molar-refractivity contribution >= 4 is 34.2 Å². The van der Waals surface area contributed by atoms with Crippen LogP contribution >= 0.6 is 22.6 Å². The number of hydrogen-bond donors (Lipinski definition) is 2. The summed E-state index contributed by atoms with van der Waals surface area (Å²) in [7, 11) is 0. The summed E-state index contributed by atoms with van der Waals surface area (Å²) in [6, 6.07) is 17.2. The summed E-state index contributed by atoms with van der Waals surface area (Å²) in [6.45, 7) is 0.375. The minimum atomic E-state index is -0.816. The molecule has 0 amide bonds. The highest BCUT2D eigenvalue weighted by Gasteiger charge is 2.19. The van der Waals surface area contributed by atoms with Crippen LogP contribution in [0, 0.1) is 3.57 Å². The molecule has 0 fully saturated rings. The van der Waals surface area contributed by atoms with Crippen molar-refractivity contribution in [1.82, 2.24) is 0 Å². The first-order valence-corrected chi connectivity index (χ1v) is 7.02. The van der Waals surface area contributed by atoms with Gasteiger partial charge in [0.1, 0.15) is 0 Å². The summed E-state index contributed by atoms with van der Waals surface area (Å²) in [5, 5.41) is 12.5. The summed E-state index contributed by atoms with van der Waals surface area (Å²) in [6.07, 6.45) is 0. The Morgan fingerprint density at radius 2 is 1.74 bits per heavy atom. The number of carbonyl (C=O) groups is 1. The molecule has 1 unspecified atom stereocenters. The highest BCUT2D eigenvalue weighted by Crippen LogP contribution is 2.18. The molecule has 0 aromatic heterocycles. The van der Waals surface area contributed by atoms with Gasteiger partial charge in [-0.25, -0.2) is 0 Å². The molecule has 0 heterocycles. The number of aliphatic carboxylic acids is 1. The molecule has 2 aromatic carbocycles. The molecule has 0 aliphatic carbocycles. The van der Waals surface area contributed by atoms with Gasteiger partial charge in [-0.05, 0) is 52.4 Å². The molecule has 3 nitrogen and oxygen atoms in total. The first-order valence-electron chi connectivity index (χ1n) is 5.94. The van der Waals surface area contributed by atoms with E-state index in [-0.39, 0.29) is 0 Å². The third kappa shape index (κ3) is 3.96. The second kappa shape index (κ2) is 6.56. The van der Waals surface area contributed by atoms with Crippen LogP contribution < -0.4 is 5.32 Å². The quantitative estimate of drug-likeness (QED) is 0.795. The number of carboxylic acids is 1. The van der Waals surface area contributed by atoms with Crippen LogP contribution in [0.15, 0.2) is 54.6 Å². The Bertz CT molecular complexity index is 540. The fourth-order valence-electron chi connectivity index (χ4n) is 1.82. The van der Waals surface area contributed by atoms with Crippen LogP contribution in [0.1, 0.15) is 11.5 Å². The van der Waals surface area contributed by atoms with Crippen LogP contribution in [0.4, 0.5) is 5.69 Å². The highest BCUT2D eigenvalue weighted by molar-refractivity contribution is 14.1. The predicted octanol–water partition coefficient (Wildman–Crippen LogP) is 3.57. The summed E-state index contributed by atoms with van der Waals surface area (Å²) < 4.78 is 1.15. The standard InChI is InChI=1S/C15H14INO2/c16-12-6-8-13(9-7-12)17-10-14(15(18)19)11-4-2-1-3-5-11/h1-9,14,17H,10H2,(H,18,19). The van der Waals surface area contributed by atoms with E-state index >= 15 is 0 Å². The van der Waals surface area contributed by atoms with E-state index in [0.29, 0.717) is 6.54 Å². The fraction of sp³-hybridized carbons (Fsp3) is 0.133. The maximum absolute atomic E-state index is 11.3. The smallest absolute Gasteiger partial charge is 0.312 e. The van der Waals surface area contributed by atoms with E-state index in [4.69, 9.17) is 0 Å². The Balaban J connectivity index is 2.06. The van der Waals surface area contributed by atoms with Crippen molar-refractivity contribution in [3.8, 4) is 0 Å². The van der Waals surface area contributed by atoms with Gasteiger partial charge in [-0.15, -0.1) is 0 Å². The Kier molecular flexibility index (Phi) is 4.79. The molecule has 2 rings (SSSR count). The monoisotopic (exact) mass is 367 g/mol. The second-order valence-corrected chi connectivity index (χ2v) is 5.43. The minimum absolute atomic E-state index is 0.375. The molecule has 4 heteroatoms. The molecule has 0 saturated carbocycles. The molecular formula is C15H14INO2. The molecule has 0 bridgehead atoms. The predicted molar refractivity (Wildman–Crippen MR) is 84.5 cm³/mol. The lowest BCUT2D eigenvalue weighted by atomic mass is 9.99. The molecule has 2 N–H and O–H groups in total. The lowest BCUT2D eigenvalue weighted by molar-refractivity contribution is -0.138. The van der Waals surface area contributed by atoms with Crippen molar-refractivity contribution < 1.29 is 9.90 Å². The van der Waals surface area contributed by atoms with Gasteiger partial charge in [-0.3, -0.25) is 4.79 Å². The summed E-state index contributed by atoms with van der Waals surface area (Å²) in [4.78, 5) is 11.3. The number of benzene rings is 2. The van der Waals surface area contributed by atoms with Gasteiger partial charge in [0.2, 0.25) is 0 Å². The zero-order chi connectivity index (χ0) is 13.7. The van der Waals surface area contributed by atoms with Gasteiger partial charge in [0.15, 0.2) is 0 Å². The van der Waals surface area contributed by atoms with Gasteiger partial charge in [-0.1, -0.05) is 30.3 Å². The summed E-state index contributed by atoms with van der Waals surface area (Å²) in [5.41, 5.74) is 1.75. The molecule has 0 saturated heterocycles. The average molecular weight is 367 g/mol. The van der Waals surface area contributed by atoms with Crippen LogP contribution in [-0.4, -0.2) is 17.6 Å². The maximum Gasteiger partial charge on any atom is 0.312 e. The van der Waals surface area contributed by atoms with Crippen molar-refractivity contribution in [2.24, 2.45) is 0 Å². The van der Waals surface area contributed by atoms with Crippen LogP contribution in [0.25, 0.3) is 0 Å². The molecule has 19 heavy (non-hydrogen) atoms. The third-order valence-corrected chi connectivity index (χ3v) is 3.57. The lowest BCUT2D eigenvalue weighted by Gasteiger charge is -2.14. The highest BCUT2D eigenvalue weighted by atomic mass is 127. The van der Waals surface area contributed by atoms with Crippen molar-refractivity contribution in [2.75, 3.05) is 11.9 Å². The summed E-state index contributed by atoms with van der Waals surface area (Å²) in [5.74, 6) is -1.36. The van der Waals surface area contributed by atoms with Crippen molar-refractivity contribution in [2.45, 2.75) is 5.92 Å². The number of carboxylic acid groups (broad SMARTS) is 1. The van der Waals surface area contributed by atoms with Gasteiger partial charge in [0.25, 0.3) is 0 Å². The Morgan fingerprint density at radius 1 is 1.11 bits per heavy atom. The van der Waals surface area contributed by atoms with E-state index < -0.39 is 11.9 Å². The molecule has 0 spiro atoms. The maximum atomic E-state index is 11.3. The fourth-order valence-corrected chi connectivity index (χ4v) is 2.18. The van der Waals surface area contributed by atoms with Crippen molar-refractivity contribution in [1.29, 1.82) is 0 Å². The van der Waals surface area contributed by atoms with Crippen molar-refractivity contribution in [3.63, 3.8) is 0 Å². The van der Waals surface area contributed by atoms with E-state index in [1.807, 2.05) is 54.6 Å². The van der Waals surface area contributed by atoms with Crippen molar-refractivity contribution in [3.05, 3.63) is 63.7 Å². The SMILES string of the molecule is O=C(O)C(CNc1ccc(I)cc1)c1ccccc1. The topological polar surface area (TPSA) is 49.3 Å². The number of halogens is 1. The molecule has 0 radical (unpaired) electrons. The largest absolute Gasteiger partial charge is 0.481 e. The first kappa shape index (κ1) is 13.9. The second-order valence-electron chi connectivity index (χ2n) is 4.19. The van der Waals surface area contributed by atoms with Crippen LogP contribution in [0.5, 0.6) is 0 Å². The van der Waals surface area contributed by atoms with Gasteiger partial charge >= 0.3 is 5.97 Å². The van der Waals surface area contributed by atoms with Crippen LogP contribution in [0.2, 0.25) is 0 Å². The first-order chi connectivity index (χ1) is 9.16. The van der Waals surface area contributed by atoms with Crippen LogP contribution in [0.3, 0.4) is 0 Å². The number of hydrogen-bond acceptors (Lipinski definition) is 2. The molecule has 0 aliphatic rings. The van der Waals surface area contributed by atoms with E-state index in [0.717, 1.165) is 14.8 Å². The normalized spacial score (nSPS) is 11.8. The van der Waals surface area contributed by atoms with E-state index in [9.17, 15) is 9.90 Å². The molecule has 1 atom stereocenters. The average Bonchev–Trinajstić information content (AvgIpc) is 2.42. The summed E-state index contributed by atoms with van der Waals surface area (Å²) >= 11 is 2.24. The zero-order valence-corrected chi connectivity index (χ0v) is 12.4. The van der Waals surface area contributed by atoms with Crippen LogP contribution in [-0.2, 0) is 4.79 Å². The van der Waals surface area contributed by atoms with Gasteiger partial charge < -0.3 is 10.4 Å². The zero-order valence-electron chi connectivity index (χ0n) is 10.2. The van der Waals surface area contributed by atoms with Gasteiger partial charge in [0.05, 0.1) is 5.92 Å².